The molecule has 1 unspecified atom stereocenters. The molecule has 3 aliphatic heterocycles. The summed E-state index contributed by atoms with van der Waals surface area (Å²) in [6.45, 7) is 11.7. The van der Waals surface area contributed by atoms with Gasteiger partial charge in [-0.25, -0.2) is 0 Å². The van der Waals surface area contributed by atoms with Gasteiger partial charge in [-0.2, -0.15) is 15.1 Å². The molecule has 1 aromatic carbocycles. The lowest BCUT2D eigenvalue weighted by Gasteiger charge is -2.45. The summed E-state index contributed by atoms with van der Waals surface area (Å²) in [5, 5.41) is 15.9. The first-order chi connectivity index (χ1) is 17.6. The molecule has 2 atom stereocenters. The highest BCUT2D eigenvalue weighted by Crippen LogP contribution is 2.48. The third-order valence-corrected chi connectivity index (χ3v) is 8.53. The second kappa shape index (κ2) is 9.61. The van der Waals surface area contributed by atoms with E-state index in [4.69, 9.17) is 14.7 Å². The summed E-state index contributed by atoms with van der Waals surface area (Å²) in [7, 11) is 2.18. The predicted octanol–water partition coefficient (Wildman–Crippen LogP) is 2.28. The summed E-state index contributed by atoms with van der Waals surface area (Å²) in [6.07, 6.45) is 4.35. The molecule has 0 saturated carbocycles. The Morgan fingerprint density at radius 1 is 1.14 bits per heavy atom. The Kier molecular flexibility index (Phi) is 6.31. The van der Waals surface area contributed by atoms with Crippen LogP contribution in [0.2, 0.25) is 0 Å². The monoisotopic (exact) mass is 490 g/mol. The van der Waals surface area contributed by atoms with Crippen LogP contribution in [0, 0.1) is 5.92 Å². The second-order valence-corrected chi connectivity index (χ2v) is 10.8. The number of rotatable bonds is 6. The number of piperazine rings is 1. The fourth-order valence-corrected chi connectivity index (χ4v) is 6.44. The number of aromatic amines is 1. The molecular formula is C27H38N8O. The van der Waals surface area contributed by atoms with E-state index in [1.807, 2.05) is 6.20 Å². The number of H-pyrrole nitrogens is 1. The van der Waals surface area contributed by atoms with E-state index in [0.29, 0.717) is 31.1 Å². The van der Waals surface area contributed by atoms with Gasteiger partial charge >= 0.3 is 6.01 Å². The van der Waals surface area contributed by atoms with Crippen molar-refractivity contribution in [1.29, 1.82) is 0 Å². The molecule has 0 amide bonds. The van der Waals surface area contributed by atoms with Crippen molar-refractivity contribution < 1.29 is 4.74 Å². The van der Waals surface area contributed by atoms with Crippen LogP contribution in [0.1, 0.15) is 43.5 Å². The third-order valence-electron chi connectivity index (χ3n) is 8.53. The van der Waals surface area contributed by atoms with Gasteiger partial charge in [-0.05, 0) is 44.0 Å². The van der Waals surface area contributed by atoms with Crippen molar-refractivity contribution in [3.8, 4) is 6.01 Å². The Hall–Kier alpha value is -2.75. The van der Waals surface area contributed by atoms with Gasteiger partial charge in [0, 0.05) is 61.7 Å². The molecule has 2 fully saturated rings. The smallest absolute Gasteiger partial charge is 0.318 e. The van der Waals surface area contributed by atoms with Crippen LogP contribution in [0.4, 0.5) is 5.82 Å². The fourth-order valence-electron chi connectivity index (χ4n) is 6.44. The van der Waals surface area contributed by atoms with Crippen LogP contribution in [0.15, 0.2) is 24.4 Å². The summed E-state index contributed by atoms with van der Waals surface area (Å²) in [5.41, 5.74) is 4.34. The number of nitrogens with one attached hydrogen (secondary N) is 3. The van der Waals surface area contributed by atoms with Crippen LogP contribution >= 0.6 is 0 Å². The maximum atomic E-state index is 6.30. The molecular weight excluding hydrogens is 452 g/mol. The lowest BCUT2D eigenvalue weighted by atomic mass is 9.64. The zero-order valence-electron chi connectivity index (χ0n) is 21.7. The van der Waals surface area contributed by atoms with Gasteiger partial charge in [0.25, 0.3) is 0 Å². The summed E-state index contributed by atoms with van der Waals surface area (Å²) < 4.78 is 6.30. The maximum absolute atomic E-state index is 6.30. The van der Waals surface area contributed by atoms with Crippen molar-refractivity contribution in [3.63, 3.8) is 0 Å². The first-order valence-corrected chi connectivity index (χ1v) is 13.4. The molecule has 2 aromatic heterocycles. The van der Waals surface area contributed by atoms with Gasteiger partial charge < -0.3 is 25.2 Å². The van der Waals surface area contributed by atoms with Gasteiger partial charge in [-0.1, -0.05) is 26.0 Å². The summed E-state index contributed by atoms with van der Waals surface area (Å²) in [5.74, 6) is 1.35. The summed E-state index contributed by atoms with van der Waals surface area (Å²) in [4.78, 5) is 15.0. The number of ether oxygens (including phenoxy) is 1. The van der Waals surface area contributed by atoms with Gasteiger partial charge in [-0.3, -0.25) is 5.10 Å². The lowest BCUT2D eigenvalue weighted by Crippen LogP contribution is -2.51. The van der Waals surface area contributed by atoms with E-state index in [1.165, 1.54) is 24.0 Å². The van der Waals surface area contributed by atoms with Crippen molar-refractivity contribution in [3.05, 3.63) is 41.2 Å². The van der Waals surface area contributed by atoms with Crippen molar-refractivity contribution in [1.82, 2.24) is 35.7 Å². The summed E-state index contributed by atoms with van der Waals surface area (Å²) in [6, 6.07) is 7.43. The highest BCUT2D eigenvalue weighted by Gasteiger charge is 2.46. The number of hydrogen-bond acceptors (Lipinski definition) is 8. The van der Waals surface area contributed by atoms with Crippen LogP contribution < -0.4 is 20.3 Å². The number of nitrogens with zero attached hydrogens (tertiary/aromatic N) is 5. The predicted molar refractivity (Wildman–Crippen MR) is 142 cm³/mol. The van der Waals surface area contributed by atoms with Crippen molar-refractivity contribution in [2.45, 2.75) is 44.7 Å². The number of fused-ring (bicyclic) bond motifs is 2. The highest BCUT2D eigenvalue weighted by atomic mass is 16.5. The normalized spacial score (nSPS) is 25.0. The molecule has 0 aliphatic carbocycles. The molecule has 2 saturated heterocycles. The quantitative estimate of drug-likeness (QED) is 0.485. The number of likely N-dealkylation sites (tertiary alicyclic amines) is 1. The standard InChI is InChI=1S/C27H38N8O/c1-18(2)27(21-7-4-8-22-20(21)14-30-33-22)17-29-15-23-24(27)25(35-12-9-28-10-13-35)32-26(31-23)36-16-19-6-5-11-34(19)3/h4,7-8,14,18-19,28-29H,5-6,9-13,15-17H2,1-3H3,(H,30,33)/t19-,27?/m0/s1. The molecule has 3 N–H and O–H groups in total. The second-order valence-electron chi connectivity index (χ2n) is 10.8. The Balaban J connectivity index is 1.50. The summed E-state index contributed by atoms with van der Waals surface area (Å²) >= 11 is 0. The number of anilines is 1. The van der Waals surface area contributed by atoms with E-state index < -0.39 is 0 Å². The molecule has 3 aliphatic rings. The van der Waals surface area contributed by atoms with Gasteiger partial charge in [-0.15, -0.1) is 0 Å². The van der Waals surface area contributed by atoms with Crippen molar-refractivity contribution >= 4 is 16.7 Å². The topological polar surface area (TPSA) is 94.2 Å². The Morgan fingerprint density at radius 3 is 2.78 bits per heavy atom. The number of hydrogen-bond donors (Lipinski definition) is 3. The van der Waals surface area contributed by atoms with Crippen molar-refractivity contribution in [2.24, 2.45) is 5.92 Å². The fraction of sp³-hybridized carbons (Fsp3) is 0.593. The Morgan fingerprint density at radius 2 is 2.00 bits per heavy atom. The minimum atomic E-state index is -0.290. The van der Waals surface area contributed by atoms with E-state index in [9.17, 15) is 0 Å². The average molecular weight is 491 g/mol. The minimum absolute atomic E-state index is 0.290. The van der Waals surface area contributed by atoms with Crippen LogP contribution in [-0.2, 0) is 12.0 Å². The number of aromatic nitrogens is 4. The van der Waals surface area contributed by atoms with Crippen LogP contribution in [0.5, 0.6) is 6.01 Å². The van der Waals surface area contributed by atoms with Gasteiger partial charge in [0.1, 0.15) is 12.4 Å². The number of benzene rings is 1. The molecule has 0 spiro atoms. The van der Waals surface area contributed by atoms with Crippen molar-refractivity contribution in [2.75, 3.05) is 57.8 Å². The maximum Gasteiger partial charge on any atom is 0.318 e. The van der Waals surface area contributed by atoms with Gasteiger partial charge in [0.2, 0.25) is 0 Å². The minimum Gasteiger partial charge on any atom is -0.462 e. The molecule has 5 heterocycles. The SMILES string of the molecule is CC(C)C1(c2cccc3[nH]ncc23)CNCc2nc(OC[C@@H]3CCCN3C)nc(N3CCNCC3)c21. The molecule has 9 nitrogen and oxygen atoms in total. The largest absolute Gasteiger partial charge is 0.462 e. The molecule has 36 heavy (non-hydrogen) atoms. The first kappa shape index (κ1) is 23.6. The zero-order valence-corrected chi connectivity index (χ0v) is 21.7. The average Bonchev–Trinajstić information content (AvgIpc) is 3.55. The molecule has 0 bridgehead atoms. The zero-order chi connectivity index (χ0) is 24.7. The van der Waals surface area contributed by atoms with E-state index in [1.54, 1.807) is 0 Å². The molecule has 6 rings (SSSR count). The molecule has 9 heteroatoms. The van der Waals surface area contributed by atoms with E-state index in [-0.39, 0.29) is 5.41 Å². The third kappa shape index (κ3) is 3.93. The molecule has 192 valence electrons. The Labute approximate surface area is 213 Å². The van der Waals surface area contributed by atoms with Crippen LogP contribution in [0.25, 0.3) is 10.9 Å². The van der Waals surface area contributed by atoms with E-state index in [0.717, 1.165) is 61.7 Å². The molecule has 0 radical (unpaired) electrons. The first-order valence-electron chi connectivity index (χ1n) is 13.4. The van der Waals surface area contributed by atoms with Crippen LogP contribution in [-0.4, -0.2) is 84.0 Å². The Bertz CT molecular complexity index is 1220. The van der Waals surface area contributed by atoms with E-state index >= 15 is 0 Å². The van der Waals surface area contributed by atoms with E-state index in [2.05, 4.69) is 69.7 Å². The number of likely N-dealkylation sites (N-methyl/N-ethyl adjacent to an activating group) is 1. The molecule has 3 aromatic rings. The lowest BCUT2D eigenvalue weighted by molar-refractivity contribution is 0.186. The van der Waals surface area contributed by atoms with Crippen LogP contribution in [0.3, 0.4) is 0 Å². The highest BCUT2D eigenvalue weighted by molar-refractivity contribution is 5.84. The van der Waals surface area contributed by atoms with Gasteiger partial charge in [0.05, 0.1) is 17.4 Å². The van der Waals surface area contributed by atoms with Gasteiger partial charge in [0.15, 0.2) is 0 Å².